The predicted molar refractivity (Wildman–Crippen MR) is 92.7 cm³/mol. The quantitative estimate of drug-likeness (QED) is 0.625. The second-order valence-electron chi connectivity index (χ2n) is 8.38. The summed E-state index contributed by atoms with van der Waals surface area (Å²) in [4.78, 5) is 0. The molecule has 1 aromatic carbocycles. The fraction of sp³-hybridized carbons (Fsp3) is 0.429. The molecule has 4 rings (SSSR count). The van der Waals surface area contributed by atoms with E-state index in [9.17, 15) is 0 Å². The Morgan fingerprint density at radius 2 is 1.67 bits per heavy atom. The Labute approximate surface area is 163 Å². The summed E-state index contributed by atoms with van der Waals surface area (Å²) in [5.41, 5.74) is 6.68. The third kappa shape index (κ3) is 3.17. The summed E-state index contributed by atoms with van der Waals surface area (Å²) < 4.78 is 5.83. The van der Waals surface area contributed by atoms with Gasteiger partial charge in [0.05, 0.1) is 0 Å². The molecule has 1 heterocycles. The van der Waals surface area contributed by atoms with Crippen molar-refractivity contribution in [1.82, 2.24) is 0 Å². The Balaban J connectivity index is 0.00000104. The Hall–Kier alpha value is -0.0969. The zero-order valence-electron chi connectivity index (χ0n) is 15.0. The maximum Gasteiger partial charge on any atom is -1.00 e. The van der Waals surface area contributed by atoms with Crippen LogP contribution in [0.4, 0.5) is 0 Å². The van der Waals surface area contributed by atoms with Crippen molar-refractivity contribution >= 4 is 5.57 Å². The van der Waals surface area contributed by atoms with Crippen molar-refractivity contribution in [3.8, 4) is 0 Å². The second kappa shape index (κ2) is 6.90. The molecule has 128 valence electrons. The van der Waals surface area contributed by atoms with Gasteiger partial charge in [-0.3, -0.25) is 0 Å². The third-order valence-corrected chi connectivity index (χ3v) is 18.0. The van der Waals surface area contributed by atoms with E-state index in [0.29, 0.717) is 5.41 Å². The van der Waals surface area contributed by atoms with Crippen LogP contribution in [0.25, 0.3) is 5.57 Å². The molecule has 0 bridgehead atoms. The van der Waals surface area contributed by atoms with Crippen molar-refractivity contribution in [3.63, 3.8) is 0 Å². The summed E-state index contributed by atoms with van der Waals surface area (Å²) in [6, 6.07) is 9.16. The van der Waals surface area contributed by atoms with Crippen molar-refractivity contribution < 1.29 is 45.1 Å². The first kappa shape index (κ1) is 20.2. The summed E-state index contributed by atoms with van der Waals surface area (Å²) >= 11 is -2.13. The van der Waals surface area contributed by atoms with Crippen LogP contribution in [-0.2, 0) is 20.3 Å². The maximum atomic E-state index is 2.63. The van der Waals surface area contributed by atoms with Crippen LogP contribution < -0.4 is 24.8 Å². The standard InChI is InChI=1S/C10H9.C9H13.C2H4.2ClH.Zr/c1-8-6-7-9-4-2-3-5-10(8)9;1-9(2,3)8-6-4-5-7-8;1-2;;;/h2-7H,1H3;4,6H,7H2,1-3H3;1-2H2;2*1H;/q;;;;;+2/p-2. The zero-order chi connectivity index (χ0) is 15.5. The van der Waals surface area contributed by atoms with Gasteiger partial charge in [0.25, 0.3) is 0 Å². The first-order valence-electron chi connectivity index (χ1n) is 8.60. The van der Waals surface area contributed by atoms with Gasteiger partial charge in [-0.25, -0.2) is 0 Å². The third-order valence-electron chi connectivity index (χ3n) is 5.99. The Bertz CT molecular complexity index is 730. The fourth-order valence-electron chi connectivity index (χ4n) is 4.36. The minimum absolute atomic E-state index is 0. The van der Waals surface area contributed by atoms with E-state index in [1.807, 2.05) is 3.28 Å². The normalized spacial score (nSPS) is 22.0. The molecule has 1 unspecified atom stereocenters. The van der Waals surface area contributed by atoms with Gasteiger partial charge in [0, 0.05) is 0 Å². The number of allylic oxidation sites excluding steroid dienone is 6. The van der Waals surface area contributed by atoms with E-state index in [4.69, 9.17) is 0 Å². The van der Waals surface area contributed by atoms with Crippen LogP contribution in [0.15, 0.2) is 51.3 Å². The molecule has 3 heteroatoms. The number of fused-ring (bicyclic) bond motifs is 1. The van der Waals surface area contributed by atoms with Gasteiger partial charge < -0.3 is 24.8 Å². The molecule has 0 spiro atoms. The summed E-state index contributed by atoms with van der Waals surface area (Å²) in [7, 11) is 0. The van der Waals surface area contributed by atoms with Crippen LogP contribution in [0.3, 0.4) is 0 Å². The van der Waals surface area contributed by atoms with E-state index in [0.717, 1.165) is 3.63 Å². The van der Waals surface area contributed by atoms with Crippen LogP contribution in [-0.4, -0.2) is 0 Å². The molecule has 3 aliphatic rings. The molecule has 0 amide bonds. The maximum absolute atomic E-state index is 2.63. The monoisotopic (exact) mass is 438 g/mol. The number of hydrogen-bond donors (Lipinski definition) is 0. The molecule has 1 saturated heterocycles. The molecule has 0 saturated carbocycles. The first-order chi connectivity index (χ1) is 10.4. The predicted octanol–water partition coefficient (Wildman–Crippen LogP) is 0.417. The Morgan fingerprint density at radius 1 is 1.00 bits per heavy atom. The second-order valence-corrected chi connectivity index (χ2v) is 19.6. The summed E-state index contributed by atoms with van der Waals surface area (Å²) in [6.45, 7) is 9.39. The first-order valence-corrected chi connectivity index (χ1v) is 14.7. The van der Waals surface area contributed by atoms with Gasteiger partial charge in [0.15, 0.2) is 0 Å². The van der Waals surface area contributed by atoms with Crippen molar-refractivity contribution in [2.45, 2.75) is 46.0 Å². The summed E-state index contributed by atoms with van der Waals surface area (Å²) in [5, 5.41) is 0. The van der Waals surface area contributed by atoms with Gasteiger partial charge in [-0.1, -0.05) is 0 Å². The average Bonchev–Trinajstić information content (AvgIpc) is 2.96. The van der Waals surface area contributed by atoms with Gasteiger partial charge >= 0.3 is 140 Å². The Kier molecular flexibility index (Phi) is 5.81. The van der Waals surface area contributed by atoms with Crippen LogP contribution in [0.1, 0.15) is 48.9 Å². The van der Waals surface area contributed by atoms with Gasteiger partial charge in [0.1, 0.15) is 0 Å². The molecule has 2 aliphatic carbocycles. The van der Waals surface area contributed by atoms with E-state index in [2.05, 4.69) is 70.2 Å². The smallest absolute Gasteiger partial charge is 1.00 e. The molecule has 0 aromatic heterocycles. The molecule has 1 aromatic rings. The van der Waals surface area contributed by atoms with Crippen molar-refractivity contribution in [2.75, 3.05) is 0 Å². The number of benzene rings is 1. The topological polar surface area (TPSA) is 0 Å². The van der Waals surface area contributed by atoms with Gasteiger partial charge in [-0.15, -0.1) is 0 Å². The van der Waals surface area contributed by atoms with Crippen LogP contribution in [0, 0.1) is 5.41 Å². The van der Waals surface area contributed by atoms with Gasteiger partial charge in [-0.2, -0.15) is 0 Å². The van der Waals surface area contributed by atoms with Crippen LogP contribution in [0.2, 0.25) is 8.26 Å². The SMILES string of the molecule is CC1=C[CH]([Zr+2]2([C]3=CC=C(C(C)(C)C)C3)[CH2][CH2]2)c2ccccc21.[Cl-].[Cl-]. The van der Waals surface area contributed by atoms with Crippen molar-refractivity contribution in [3.05, 3.63) is 62.5 Å². The average molecular weight is 441 g/mol. The van der Waals surface area contributed by atoms with E-state index < -0.39 is 20.3 Å². The van der Waals surface area contributed by atoms with Gasteiger partial charge in [-0.05, 0) is 0 Å². The minimum atomic E-state index is -2.13. The van der Waals surface area contributed by atoms with Crippen LogP contribution >= 0.6 is 0 Å². The van der Waals surface area contributed by atoms with Crippen molar-refractivity contribution in [2.24, 2.45) is 5.41 Å². The largest absolute Gasteiger partial charge is 1.00 e. The summed E-state index contributed by atoms with van der Waals surface area (Å²) in [5.74, 6) is 0. The molecule has 0 nitrogen and oxygen atoms in total. The molecular formula is C21H26Cl2Zr. The molecule has 24 heavy (non-hydrogen) atoms. The zero-order valence-corrected chi connectivity index (χ0v) is 19.0. The molecule has 0 radical (unpaired) electrons. The van der Waals surface area contributed by atoms with E-state index >= 15 is 0 Å². The van der Waals surface area contributed by atoms with E-state index in [-0.39, 0.29) is 24.8 Å². The Morgan fingerprint density at radius 3 is 2.25 bits per heavy atom. The fourth-order valence-corrected chi connectivity index (χ4v) is 18.9. The van der Waals surface area contributed by atoms with Gasteiger partial charge in [0.2, 0.25) is 0 Å². The molecule has 1 fully saturated rings. The van der Waals surface area contributed by atoms with Crippen LogP contribution in [0.5, 0.6) is 0 Å². The van der Waals surface area contributed by atoms with Crippen molar-refractivity contribution in [1.29, 1.82) is 0 Å². The molecule has 0 N–H and O–H groups in total. The number of halogens is 2. The van der Waals surface area contributed by atoms with E-state index in [1.165, 1.54) is 17.6 Å². The molecule has 1 atom stereocenters. The number of hydrogen-bond acceptors (Lipinski definition) is 0. The minimum Gasteiger partial charge on any atom is -1.00 e. The summed E-state index contributed by atoms with van der Waals surface area (Å²) in [6.07, 6.45) is 8.90. The number of rotatable bonds is 2. The molecular weight excluding hydrogens is 414 g/mol. The molecule has 1 aliphatic heterocycles. The van der Waals surface area contributed by atoms with E-state index in [1.54, 1.807) is 19.4 Å².